The van der Waals surface area contributed by atoms with E-state index in [-0.39, 0.29) is 21.9 Å². The molecular formula is C18H17ClN4O3S2. The SMILES string of the molecule is C[C@H](CNS(=O)(=O)c1nnc(NC(=O)c2ccc(Cl)cc2)s1)c1ccccc1. The van der Waals surface area contributed by atoms with Crippen LogP contribution < -0.4 is 10.0 Å². The van der Waals surface area contributed by atoms with Gasteiger partial charge in [-0.05, 0) is 35.7 Å². The van der Waals surface area contributed by atoms with Crippen LogP contribution in [-0.2, 0) is 10.0 Å². The van der Waals surface area contributed by atoms with E-state index in [2.05, 4.69) is 20.2 Å². The van der Waals surface area contributed by atoms with E-state index in [0.29, 0.717) is 10.6 Å². The molecular weight excluding hydrogens is 420 g/mol. The van der Waals surface area contributed by atoms with E-state index in [1.807, 2.05) is 37.3 Å². The molecule has 28 heavy (non-hydrogen) atoms. The van der Waals surface area contributed by atoms with E-state index in [9.17, 15) is 13.2 Å². The van der Waals surface area contributed by atoms with Crippen molar-refractivity contribution in [2.75, 3.05) is 11.9 Å². The molecule has 2 N–H and O–H groups in total. The van der Waals surface area contributed by atoms with Gasteiger partial charge < -0.3 is 0 Å². The van der Waals surface area contributed by atoms with Gasteiger partial charge in [0.1, 0.15) is 0 Å². The number of sulfonamides is 1. The minimum atomic E-state index is -3.82. The molecule has 7 nitrogen and oxygen atoms in total. The van der Waals surface area contributed by atoms with Gasteiger partial charge in [0, 0.05) is 17.1 Å². The van der Waals surface area contributed by atoms with Crippen molar-refractivity contribution in [1.29, 1.82) is 0 Å². The maximum absolute atomic E-state index is 12.4. The van der Waals surface area contributed by atoms with Gasteiger partial charge in [-0.1, -0.05) is 60.2 Å². The lowest BCUT2D eigenvalue weighted by Gasteiger charge is -2.12. The zero-order valence-electron chi connectivity index (χ0n) is 14.8. The fraction of sp³-hybridized carbons (Fsp3) is 0.167. The van der Waals surface area contributed by atoms with Gasteiger partial charge in [-0.15, -0.1) is 10.2 Å². The summed E-state index contributed by atoms with van der Waals surface area (Å²) in [6.45, 7) is 2.15. The van der Waals surface area contributed by atoms with E-state index < -0.39 is 15.9 Å². The van der Waals surface area contributed by atoms with Crippen molar-refractivity contribution in [1.82, 2.24) is 14.9 Å². The molecule has 0 fully saturated rings. The van der Waals surface area contributed by atoms with Crippen LogP contribution in [0.15, 0.2) is 58.9 Å². The Labute approximate surface area is 171 Å². The van der Waals surface area contributed by atoms with E-state index in [1.165, 1.54) is 0 Å². The van der Waals surface area contributed by atoms with Gasteiger partial charge in [-0.2, -0.15) is 0 Å². The van der Waals surface area contributed by atoms with Crippen LogP contribution in [0.1, 0.15) is 28.8 Å². The first-order valence-corrected chi connectivity index (χ1v) is 11.0. The number of carbonyl (C=O) groups excluding carboxylic acids is 1. The number of hydrogen-bond acceptors (Lipinski definition) is 6. The topological polar surface area (TPSA) is 101 Å². The molecule has 0 saturated heterocycles. The Morgan fingerprint density at radius 2 is 1.79 bits per heavy atom. The van der Waals surface area contributed by atoms with Crippen molar-refractivity contribution >= 4 is 44.0 Å². The molecule has 1 heterocycles. The van der Waals surface area contributed by atoms with Crippen molar-refractivity contribution in [2.24, 2.45) is 0 Å². The molecule has 1 atom stereocenters. The summed E-state index contributed by atoms with van der Waals surface area (Å²) in [7, 11) is -3.82. The molecule has 3 rings (SSSR count). The third-order valence-corrected chi connectivity index (χ3v) is 6.79. The molecule has 3 aromatic rings. The van der Waals surface area contributed by atoms with Crippen LogP contribution in [0.5, 0.6) is 0 Å². The van der Waals surface area contributed by atoms with Gasteiger partial charge in [0.25, 0.3) is 15.9 Å². The first-order valence-electron chi connectivity index (χ1n) is 8.30. The quantitative estimate of drug-likeness (QED) is 0.552. The van der Waals surface area contributed by atoms with Crippen LogP contribution in [0.4, 0.5) is 5.13 Å². The van der Waals surface area contributed by atoms with Crippen LogP contribution in [0.25, 0.3) is 0 Å². The Morgan fingerprint density at radius 3 is 2.46 bits per heavy atom. The molecule has 0 aliphatic rings. The van der Waals surface area contributed by atoms with E-state index >= 15 is 0 Å². The van der Waals surface area contributed by atoms with Gasteiger partial charge in [0.05, 0.1) is 0 Å². The van der Waals surface area contributed by atoms with Gasteiger partial charge in [0.2, 0.25) is 9.47 Å². The standard InChI is InChI=1S/C18H17ClN4O3S2/c1-12(13-5-3-2-4-6-13)11-20-28(25,26)18-23-22-17(27-18)21-16(24)14-7-9-15(19)10-8-14/h2-10,12,20H,11H2,1H3,(H,21,22,24)/t12-/m1/s1. The van der Waals surface area contributed by atoms with Crippen molar-refractivity contribution in [2.45, 2.75) is 17.2 Å². The van der Waals surface area contributed by atoms with Crippen molar-refractivity contribution in [3.63, 3.8) is 0 Å². The number of benzene rings is 2. The lowest BCUT2D eigenvalue weighted by molar-refractivity contribution is 0.102. The van der Waals surface area contributed by atoms with Gasteiger partial charge in [-0.3, -0.25) is 10.1 Å². The maximum Gasteiger partial charge on any atom is 0.269 e. The number of rotatable bonds is 7. The Hall–Kier alpha value is -2.33. The molecule has 0 radical (unpaired) electrons. The second-order valence-corrected chi connectivity index (χ2v) is 9.35. The molecule has 1 aromatic heterocycles. The smallest absolute Gasteiger partial charge is 0.269 e. The highest BCUT2D eigenvalue weighted by atomic mass is 35.5. The Bertz CT molecular complexity index is 1050. The molecule has 0 unspecified atom stereocenters. The molecule has 1 amide bonds. The van der Waals surface area contributed by atoms with E-state index in [4.69, 9.17) is 11.6 Å². The number of anilines is 1. The molecule has 0 spiro atoms. The lowest BCUT2D eigenvalue weighted by atomic mass is 10.0. The number of hydrogen-bond donors (Lipinski definition) is 2. The lowest BCUT2D eigenvalue weighted by Crippen LogP contribution is -2.27. The molecule has 0 bridgehead atoms. The highest BCUT2D eigenvalue weighted by Crippen LogP contribution is 2.21. The first-order chi connectivity index (χ1) is 13.3. The monoisotopic (exact) mass is 436 g/mol. The van der Waals surface area contributed by atoms with E-state index in [0.717, 1.165) is 16.9 Å². The number of aromatic nitrogens is 2. The Morgan fingerprint density at radius 1 is 1.11 bits per heavy atom. The third kappa shape index (κ3) is 5.14. The summed E-state index contributed by atoms with van der Waals surface area (Å²) in [6.07, 6.45) is 0. The highest BCUT2D eigenvalue weighted by molar-refractivity contribution is 7.91. The molecule has 0 aliphatic heterocycles. The summed E-state index contributed by atoms with van der Waals surface area (Å²) in [5.41, 5.74) is 1.40. The molecule has 10 heteroatoms. The van der Waals surface area contributed by atoms with Crippen LogP contribution in [0.2, 0.25) is 5.02 Å². The van der Waals surface area contributed by atoms with Gasteiger partial charge in [-0.25, -0.2) is 13.1 Å². The normalized spacial score (nSPS) is 12.5. The number of carbonyl (C=O) groups is 1. The molecule has 146 valence electrons. The zero-order valence-corrected chi connectivity index (χ0v) is 17.2. The van der Waals surface area contributed by atoms with Gasteiger partial charge >= 0.3 is 0 Å². The summed E-state index contributed by atoms with van der Waals surface area (Å²) in [4.78, 5) is 12.2. The zero-order chi connectivity index (χ0) is 20.1. The number of nitrogens with zero attached hydrogens (tertiary/aromatic N) is 2. The number of halogens is 1. The van der Waals surface area contributed by atoms with Crippen molar-refractivity contribution in [3.05, 3.63) is 70.7 Å². The molecule has 0 saturated carbocycles. The average molecular weight is 437 g/mol. The fourth-order valence-corrected chi connectivity index (χ4v) is 4.53. The van der Waals surface area contributed by atoms with Crippen LogP contribution in [0, 0.1) is 0 Å². The predicted molar refractivity (Wildman–Crippen MR) is 109 cm³/mol. The van der Waals surface area contributed by atoms with Crippen LogP contribution in [-0.4, -0.2) is 31.1 Å². The van der Waals surface area contributed by atoms with Crippen LogP contribution in [0.3, 0.4) is 0 Å². The molecule has 2 aromatic carbocycles. The highest BCUT2D eigenvalue weighted by Gasteiger charge is 2.22. The number of nitrogens with one attached hydrogen (secondary N) is 2. The fourth-order valence-electron chi connectivity index (χ4n) is 2.34. The van der Waals surface area contributed by atoms with E-state index in [1.54, 1.807) is 24.3 Å². The second-order valence-electron chi connectivity index (χ2n) is 6.00. The predicted octanol–water partition coefficient (Wildman–Crippen LogP) is 3.53. The Balaban J connectivity index is 1.63. The molecule has 0 aliphatic carbocycles. The summed E-state index contributed by atoms with van der Waals surface area (Å²) in [5, 5.41) is 10.6. The Kier molecular flexibility index (Phi) is 6.40. The minimum Gasteiger partial charge on any atom is -0.296 e. The summed E-state index contributed by atoms with van der Waals surface area (Å²) in [6, 6.07) is 15.9. The summed E-state index contributed by atoms with van der Waals surface area (Å²) >= 11 is 6.58. The first kappa shape index (κ1) is 20.4. The third-order valence-electron chi connectivity index (χ3n) is 3.91. The van der Waals surface area contributed by atoms with Crippen molar-refractivity contribution in [3.8, 4) is 0 Å². The van der Waals surface area contributed by atoms with Crippen molar-refractivity contribution < 1.29 is 13.2 Å². The summed E-state index contributed by atoms with van der Waals surface area (Å²) < 4.78 is 27.2. The minimum absolute atomic E-state index is 0.00651. The largest absolute Gasteiger partial charge is 0.296 e. The average Bonchev–Trinajstić information content (AvgIpc) is 3.17. The second kappa shape index (κ2) is 8.78. The maximum atomic E-state index is 12.4. The summed E-state index contributed by atoms with van der Waals surface area (Å²) in [5.74, 6) is -0.435. The van der Waals surface area contributed by atoms with Crippen LogP contribution >= 0.6 is 22.9 Å². The van der Waals surface area contributed by atoms with Gasteiger partial charge in [0.15, 0.2) is 0 Å². The number of amides is 1.